The van der Waals surface area contributed by atoms with Crippen LogP contribution < -0.4 is 15.0 Å². The minimum absolute atomic E-state index is 0.0579. The van der Waals surface area contributed by atoms with E-state index in [1.54, 1.807) is 48.5 Å². The summed E-state index contributed by atoms with van der Waals surface area (Å²) in [6, 6.07) is 17.3. The van der Waals surface area contributed by atoms with Crippen LogP contribution in [-0.2, 0) is 10.5 Å². The van der Waals surface area contributed by atoms with Gasteiger partial charge in [0.2, 0.25) is 5.91 Å². The Kier molecular flexibility index (Phi) is 4.59. The number of ether oxygens (including phenoxy) is 1. The first-order valence-corrected chi connectivity index (χ1v) is 9.86. The first kappa shape index (κ1) is 20.3. The van der Waals surface area contributed by atoms with Gasteiger partial charge in [-0.3, -0.25) is 19.3 Å². The number of amides is 3. The molecule has 5 rings (SSSR count). The third-order valence-corrected chi connectivity index (χ3v) is 5.56. The largest absolute Gasteiger partial charge is 0.482 e. The number of anilines is 2. The molecule has 2 heterocycles. The fourth-order valence-corrected chi connectivity index (χ4v) is 4.13. The molecular weight excluding hydrogens is 426 g/mol. The van der Waals surface area contributed by atoms with Gasteiger partial charge in [-0.05, 0) is 47.0 Å². The maximum atomic E-state index is 13.4. The summed E-state index contributed by atoms with van der Waals surface area (Å²) < 4.78 is 5.40. The normalized spacial score (nSPS) is 18.5. The second kappa shape index (κ2) is 7.49. The monoisotopic (exact) mass is 441 g/mol. The number of hydrogen-bond acceptors (Lipinski definition) is 5. The molecule has 2 N–H and O–H groups in total. The molecule has 3 aromatic carbocycles. The van der Waals surface area contributed by atoms with Crippen LogP contribution in [0.3, 0.4) is 0 Å². The highest BCUT2D eigenvalue weighted by Crippen LogP contribution is 2.46. The van der Waals surface area contributed by atoms with Gasteiger partial charge >= 0.3 is 0 Å². The van der Waals surface area contributed by atoms with E-state index in [0.717, 1.165) is 4.90 Å². The van der Waals surface area contributed by atoms with Crippen LogP contribution in [0, 0.1) is 0 Å². The number of carbonyl (C=O) groups excluding carboxylic acids is 3. The van der Waals surface area contributed by atoms with Crippen molar-refractivity contribution in [1.29, 1.82) is 0 Å². The van der Waals surface area contributed by atoms with Crippen LogP contribution in [0.1, 0.15) is 31.8 Å². The molecule has 0 radical (unpaired) electrons. The summed E-state index contributed by atoms with van der Waals surface area (Å²) in [5, 5.41) is 17.9. The minimum atomic E-state index is -1.95. The zero-order valence-electron chi connectivity index (χ0n) is 16.9. The van der Waals surface area contributed by atoms with Crippen molar-refractivity contribution in [2.75, 3.05) is 16.8 Å². The number of benzene rings is 3. The summed E-state index contributed by atoms with van der Waals surface area (Å²) in [7, 11) is 0. The second-order valence-electron chi connectivity index (χ2n) is 7.45. The topological polar surface area (TPSA) is 145 Å². The van der Waals surface area contributed by atoms with E-state index in [2.05, 4.69) is 15.3 Å². The Morgan fingerprint density at radius 2 is 1.94 bits per heavy atom. The van der Waals surface area contributed by atoms with Crippen LogP contribution >= 0.6 is 0 Å². The average Bonchev–Trinajstić information content (AvgIpc) is 3.06. The molecule has 3 aromatic rings. The van der Waals surface area contributed by atoms with Crippen LogP contribution in [-0.4, -0.2) is 29.4 Å². The van der Waals surface area contributed by atoms with Gasteiger partial charge in [-0.1, -0.05) is 30.3 Å². The van der Waals surface area contributed by atoms with Gasteiger partial charge in [0, 0.05) is 32.9 Å². The van der Waals surface area contributed by atoms with Gasteiger partial charge < -0.3 is 15.2 Å². The van der Waals surface area contributed by atoms with E-state index < -0.39 is 17.5 Å². The molecule has 10 heteroatoms. The molecule has 162 valence electrons. The van der Waals surface area contributed by atoms with Gasteiger partial charge in [0.05, 0.1) is 5.69 Å². The van der Waals surface area contributed by atoms with E-state index in [0.29, 0.717) is 22.6 Å². The highest BCUT2D eigenvalue weighted by atomic mass is 16.5. The van der Waals surface area contributed by atoms with E-state index >= 15 is 0 Å². The molecule has 0 bridgehead atoms. The van der Waals surface area contributed by atoms with Gasteiger partial charge in [0.15, 0.2) is 12.3 Å². The molecule has 1 unspecified atom stereocenters. The quantitative estimate of drug-likeness (QED) is 0.364. The standard InChI is InChI=1S/C23H15N5O5/c24-27-26-21(30)13-4-3-5-15(10-13)28-22(31)16-6-1-2-7-17(16)23(28,32)14-8-9-19-18(11-14)25-20(29)12-33-19/h1-11,32H,12H2,(H,25,29). The lowest BCUT2D eigenvalue weighted by Gasteiger charge is -2.35. The predicted molar refractivity (Wildman–Crippen MR) is 117 cm³/mol. The smallest absolute Gasteiger partial charge is 0.262 e. The molecule has 10 nitrogen and oxygen atoms in total. The van der Waals surface area contributed by atoms with Crippen LogP contribution in [0.15, 0.2) is 71.8 Å². The van der Waals surface area contributed by atoms with Crippen LogP contribution in [0.2, 0.25) is 0 Å². The summed E-state index contributed by atoms with van der Waals surface area (Å²) in [5.74, 6) is -1.20. The first-order chi connectivity index (χ1) is 15.9. The van der Waals surface area contributed by atoms with Crippen molar-refractivity contribution in [3.63, 3.8) is 0 Å². The molecule has 2 aliphatic rings. The van der Waals surface area contributed by atoms with Crippen molar-refractivity contribution in [3.8, 4) is 5.75 Å². The molecule has 1 atom stereocenters. The molecule has 2 aliphatic heterocycles. The number of hydrogen-bond donors (Lipinski definition) is 2. The van der Waals surface area contributed by atoms with Crippen molar-refractivity contribution in [1.82, 2.24) is 0 Å². The molecule has 0 fully saturated rings. The maximum absolute atomic E-state index is 13.4. The fraction of sp³-hybridized carbons (Fsp3) is 0.0870. The summed E-state index contributed by atoms with van der Waals surface area (Å²) in [6.45, 7) is -0.115. The van der Waals surface area contributed by atoms with Gasteiger partial charge in [-0.25, -0.2) is 0 Å². The van der Waals surface area contributed by atoms with E-state index in [1.807, 2.05) is 0 Å². The third kappa shape index (κ3) is 3.09. The average molecular weight is 441 g/mol. The van der Waals surface area contributed by atoms with Gasteiger partial charge in [-0.2, -0.15) is 0 Å². The Morgan fingerprint density at radius 1 is 1.12 bits per heavy atom. The van der Waals surface area contributed by atoms with Crippen molar-refractivity contribution in [3.05, 3.63) is 99.4 Å². The number of nitrogens with one attached hydrogen (secondary N) is 1. The van der Waals surface area contributed by atoms with E-state index in [-0.39, 0.29) is 29.3 Å². The lowest BCUT2D eigenvalue weighted by Crippen LogP contribution is -2.45. The highest BCUT2D eigenvalue weighted by Gasteiger charge is 2.51. The third-order valence-electron chi connectivity index (χ3n) is 5.56. The van der Waals surface area contributed by atoms with Gasteiger partial charge in [-0.15, -0.1) is 0 Å². The Bertz CT molecular complexity index is 1400. The summed E-state index contributed by atoms with van der Waals surface area (Å²) in [6.07, 6.45) is 0. The number of rotatable bonds is 3. The van der Waals surface area contributed by atoms with Crippen molar-refractivity contribution < 1.29 is 24.2 Å². The second-order valence-corrected chi connectivity index (χ2v) is 7.45. The molecule has 0 spiro atoms. The zero-order chi connectivity index (χ0) is 23.2. The van der Waals surface area contributed by atoms with E-state index in [4.69, 9.17) is 10.3 Å². The molecule has 0 saturated heterocycles. The Hall–Kier alpha value is -4.66. The van der Waals surface area contributed by atoms with Crippen molar-refractivity contribution >= 4 is 29.1 Å². The zero-order valence-corrected chi connectivity index (χ0v) is 16.9. The maximum Gasteiger partial charge on any atom is 0.262 e. The van der Waals surface area contributed by atoms with E-state index in [1.165, 1.54) is 18.2 Å². The van der Waals surface area contributed by atoms with Gasteiger partial charge in [0.1, 0.15) is 5.75 Å². The molecule has 0 aromatic heterocycles. The number of aliphatic hydroxyl groups is 1. The minimum Gasteiger partial charge on any atom is -0.482 e. The summed E-state index contributed by atoms with van der Waals surface area (Å²) >= 11 is 0. The van der Waals surface area contributed by atoms with Crippen LogP contribution in [0.5, 0.6) is 5.75 Å². The SMILES string of the molecule is [N-]=[N+]=NC(=O)c1cccc(N2C(=O)c3ccccc3C2(O)c2ccc3c(c2)NC(=O)CO3)c1. The molecular formula is C23H15N5O5. The molecule has 0 saturated carbocycles. The molecule has 0 aliphatic carbocycles. The first-order valence-electron chi connectivity index (χ1n) is 9.86. The summed E-state index contributed by atoms with van der Waals surface area (Å²) in [5.41, 5.74) is 8.19. The molecule has 33 heavy (non-hydrogen) atoms. The Balaban J connectivity index is 1.70. The fourth-order valence-electron chi connectivity index (χ4n) is 4.13. The van der Waals surface area contributed by atoms with Crippen molar-refractivity contribution in [2.45, 2.75) is 5.72 Å². The van der Waals surface area contributed by atoms with E-state index in [9.17, 15) is 19.5 Å². The highest BCUT2D eigenvalue weighted by molar-refractivity contribution is 6.13. The number of fused-ring (bicyclic) bond motifs is 2. The lowest BCUT2D eigenvalue weighted by molar-refractivity contribution is -0.118. The Labute approximate surface area is 186 Å². The van der Waals surface area contributed by atoms with Gasteiger partial charge in [0.25, 0.3) is 11.8 Å². The number of azide groups is 1. The van der Waals surface area contributed by atoms with Crippen molar-refractivity contribution in [2.24, 2.45) is 5.11 Å². The number of nitrogens with zero attached hydrogens (tertiary/aromatic N) is 4. The van der Waals surface area contributed by atoms with Crippen LogP contribution in [0.4, 0.5) is 11.4 Å². The Morgan fingerprint density at radius 3 is 2.76 bits per heavy atom. The lowest BCUT2D eigenvalue weighted by atomic mass is 9.92. The van der Waals surface area contributed by atoms with Crippen LogP contribution in [0.25, 0.3) is 10.4 Å². The predicted octanol–water partition coefficient (Wildman–Crippen LogP) is 3.32. The molecule has 3 amide bonds. The summed E-state index contributed by atoms with van der Waals surface area (Å²) in [4.78, 5) is 41.0. The number of carbonyl (C=O) groups is 3.